The van der Waals surface area contributed by atoms with Crippen LogP contribution >= 0.6 is 43.5 Å². The van der Waals surface area contributed by atoms with Gasteiger partial charge < -0.3 is 9.47 Å². The molecule has 0 spiro atoms. The van der Waals surface area contributed by atoms with E-state index in [-0.39, 0.29) is 5.38 Å². The molecule has 0 fully saturated rings. The highest BCUT2D eigenvalue weighted by atomic mass is 79.9. The van der Waals surface area contributed by atoms with Crippen molar-refractivity contribution >= 4 is 43.5 Å². The highest BCUT2D eigenvalue weighted by molar-refractivity contribution is 9.10. The summed E-state index contributed by atoms with van der Waals surface area (Å²) in [6.07, 6.45) is 0. The van der Waals surface area contributed by atoms with Crippen molar-refractivity contribution in [3.63, 3.8) is 0 Å². The smallest absolute Gasteiger partial charge is 0.161 e. The summed E-state index contributed by atoms with van der Waals surface area (Å²) < 4.78 is 12.5. The molecule has 2 aromatic rings. The number of benzene rings is 2. The summed E-state index contributed by atoms with van der Waals surface area (Å²) in [4.78, 5) is 0. The van der Waals surface area contributed by atoms with E-state index in [4.69, 9.17) is 21.1 Å². The SMILES string of the molecule is COc1cc(Br)c(C(Cl)c2ccc(C)cc2Br)cc1OC. The molecule has 2 nitrogen and oxygen atoms in total. The van der Waals surface area contributed by atoms with Gasteiger partial charge in [0.1, 0.15) is 0 Å². The molecule has 0 amide bonds. The fourth-order valence-corrected chi connectivity index (χ4v) is 3.98. The van der Waals surface area contributed by atoms with Crippen LogP contribution in [0.4, 0.5) is 0 Å². The Labute approximate surface area is 146 Å². The quantitative estimate of drug-likeness (QED) is 0.561. The van der Waals surface area contributed by atoms with Gasteiger partial charge in [0.2, 0.25) is 0 Å². The molecule has 1 unspecified atom stereocenters. The molecule has 0 N–H and O–H groups in total. The summed E-state index contributed by atoms with van der Waals surface area (Å²) in [5.41, 5.74) is 3.12. The van der Waals surface area contributed by atoms with Crippen molar-refractivity contribution in [3.05, 3.63) is 56.0 Å². The van der Waals surface area contributed by atoms with Gasteiger partial charge >= 0.3 is 0 Å². The first kappa shape index (κ1) is 16.7. The third-order valence-corrected chi connectivity index (χ3v) is 5.05. The number of ether oxygens (including phenoxy) is 2. The molecule has 0 heterocycles. The molecular weight excluding hydrogens is 419 g/mol. The van der Waals surface area contributed by atoms with E-state index in [1.165, 1.54) is 5.56 Å². The van der Waals surface area contributed by atoms with Crippen LogP contribution in [-0.4, -0.2) is 14.2 Å². The van der Waals surface area contributed by atoms with Gasteiger partial charge in [0, 0.05) is 8.95 Å². The normalized spacial score (nSPS) is 12.1. The zero-order valence-electron chi connectivity index (χ0n) is 11.9. The molecular formula is C16H15Br2ClO2. The first-order valence-corrected chi connectivity index (χ1v) is 8.31. The topological polar surface area (TPSA) is 18.5 Å². The summed E-state index contributed by atoms with van der Waals surface area (Å²) in [6.45, 7) is 2.05. The van der Waals surface area contributed by atoms with Gasteiger partial charge in [0.15, 0.2) is 11.5 Å². The molecule has 0 saturated heterocycles. The minimum absolute atomic E-state index is 0.297. The third-order valence-electron chi connectivity index (χ3n) is 3.20. The van der Waals surface area contributed by atoms with Crippen LogP contribution in [-0.2, 0) is 0 Å². The Morgan fingerprint density at radius 1 is 0.905 bits per heavy atom. The standard InChI is InChI=1S/C16H15Br2ClO2/c1-9-4-5-10(12(17)6-9)16(19)11-7-14(20-2)15(21-3)8-13(11)18/h4-8,16H,1-3H3. The molecule has 0 saturated carbocycles. The van der Waals surface area contributed by atoms with E-state index in [1.807, 2.05) is 31.2 Å². The van der Waals surface area contributed by atoms with Crippen LogP contribution in [0.1, 0.15) is 22.1 Å². The Bertz CT molecular complexity index is 659. The summed E-state index contributed by atoms with van der Waals surface area (Å²) in [6, 6.07) is 9.89. The Kier molecular flexibility index (Phi) is 5.58. The molecule has 0 aliphatic carbocycles. The second-order valence-corrected chi connectivity index (χ2v) is 6.76. The lowest BCUT2D eigenvalue weighted by molar-refractivity contribution is 0.354. The average Bonchev–Trinajstić information content (AvgIpc) is 2.46. The van der Waals surface area contributed by atoms with E-state index >= 15 is 0 Å². The molecule has 0 bridgehead atoms. The van der Waals surface area contributed by atoms with Crippen LogP contribution in [0.25, 0.3) is 0 Å². The second-order valence-electron chi connectivity index (χ2n) is 4.62. The Morgan fingerprint density at radius 3 is 2.05 bits per heavy atom. The maximum Gasteiger partial charge on any atom is 0.161 e. The van der Waals surface area contributed by atoms with Crippen LogP contribution in [0, 0.1) is 6.92 Å². The molecule has 2 rings (SSSR count). The van der Waals surface area contributed by atoms with Gasteiger partial charge in [-0.3, -0.25) is 0 Å². The summed E-state index contributed by atoms with van der Waals surface area (Å²) in [7, 11) is 3.22. The van der Waals surface area contributed by atoms with Crippen molar-refractivity contribution in [3.8, 4) is 11.5 Å². The molecule has 5 heteroatoms. The van der Waals surface area contributed by atoms with Gasteiger partial charge in [0.25, 0.3) is 0 Å². The van der Waals surface area contributed by atoms with Crippen LogP contribution in [0.15, 0.2) is 39.3 Å². The molecule has 1 atom stereocenters. The van der Waals surface area contributed by atoms with Gasteiger partial charge in [-0.1, -0.05) is 44.0 Å². The van der Waals surface area contributed by atoms with Crippen LogP contribution < -0.4 is 9.47 Å². The lowest BCUT2D eigenvalue weighted by Crippen LogP contribution is -1.99. The Balaban J connectivity index is 2.50. The van der Waals surface area contributed by atoms with E-state index < -0.39 is 0 Å². The summed E-state index contributed by atoms with van der Waals surface area (Å²) in [5.74, 6) is 1.32. The van der Waals surface area contributed by atoms with Crippen molar-refractivity contribution in [2.45, 2.75) is 12.3 Å². The van der Waals surface area contributed by atoms with Gasteiger partial charge in [-0.15, -0.1) is 11.6 Å². The third kappa shape index (κ3) is 3.55. The number of rotatable bonds is 4. The first-order chi connectivity index (χ1) is 9.97. The molecule has 2 aromatic carbocycles. The number of hydrogen-bond acceptors (Lipinski definition) is 2. The van der Waals surface area contributed by atoms with E-state index in [0.29, 0.717) is 11.5 Å². The summed E-state index contributed by atoms with van der Waals surface area (Å²) in [5, 5.41) is -0.297. The number of aryl methyl sites for hydroxylation is 1. The number of halogens is 3. The second kappa shape index (κ2) is 7.03. The largest absolute Gasteiger partial charge is 0.493 e. The molecule has 21 heavy (non-hydrogen) atoms. The maximum atomic E-state index is 6.66. The molecule has 0 aliphatic rings. The van der Waals surface area contributed by atoms with Crippen molar-refractivity contribution in [1.82, 2.24) is 0 Å². The van der Waals surface area contributed by atoms with Crippen molar-refractivity contribution in [2.75, 3.05) is 14.2 Å². The van der Waals surface area contributed by atoms with Gasteiger partial charge in [-0.05, 0) is 41.8 Å². The average molecular weight is 435 g/mol. The maximum absolute atomic E-state index is 6.66. The van der Waals surface area contributed by atoms with Gasteiger partial charge in [0.05, 0.1) is 19.6 Å². The number of methoxy groups -OCH3 is 2. The Morgan fingerprint density at radius 2 is 1.48 bits per heavy atom. The Hall–Kier alpha value is -0.710. The number of hydrogen-bond donors (Lipinski definition) is 0. The van der Waals surface area contributed by atoms with Gasteiger partial charge in [-0.25, -0.2) is 0 Å². The fourth-order valence-electron chi connectivity index (χ4n) is 2.07. The van der Waals surface area contributed by atoms with E-state index in [1.54, 1.807) is 14.2 Å². The first-order valence-electron chi connectivity index (χ1n) is 6.29. The molecule has 112 valence electrons. The monoisotopic (exact) mass is 432 g/mol. The highest BCUT2D eigenvalue weighted by Crippen LogP contribution is 2.42. The fraction of sp³-hybridized carbons (Fsp3) is 0.250. The van der Waals surface area contributed by atoms with Crippen LogP contribution in [0.3, 0.4) is 0 Å². The zero-order valence-corrected chi connectivity index (χ0v) is 15.8. The lowest BCUT2D eigenvalue weighted by atomic mass is 10.0. The number of alkyl halides is 1. The minimum atomic E-state index is -0.297. The highest BCUT2D eigenvalue weighted by Gasteiger charge is 2.19. The van der Waals surface area contributed by atoms with Crippen LogP contribution in [0.5, 0.6) is 11.5 Å². The van der Waals surface area contributed by atoms with Gasteiger partial charge in [-0.2, -0.15) is 0 Å². The van der Waals surface area contributed by atoms with E-state index in [0.717, 1.165) is 20.1 Å². The zero-order chi connectivity index (χ0) is 15.6. The van der Waals surface area contributed by atoms with Crippen LogP contribution in [0.2, 0.25) is 0 Å². The van der Waals surface area contributed by atoms with Crippen molar-refractivity contribution < 1.29 is 9.47 Å². The van der Waals surface area contributed by atoms with E-state index in [9.17, 15) is 0 Å². The minimum Gasteiger partial charge on any atom is -0.493 e. The lowest BCUT2D eigenvalue weighted by Gasteiger charge is -2.17. The molecule has 0 aromatic heterocycles. The van der Waals surface area contributed by atoms with Crippen molar-refractivity contribution in [2.24, 2.45) is 0 Å². The molecule has 0 aliphatic heterocycles. The summed E-state index contributed by atoms with van der Waals surface area (Å²) >= 11 is 13.8. The van der Waals surface area contributed by atoms with E-state index in [2.05, 4.69) is 37.9 Å². The predicted molar refractivity (Wildman–Crippen MR) is 93.8 cm³/mol. The van der Waals surface area contributed by atoms with Crippen molar-refractivity contribution in [1.29, 1.82) is 0 Å². The predicted octanol–water partition coefficient (Wildman–Crippen LogP) is 5.87. The molecule has 0 radical (unpaired) electrons.